The molecule has 0 radical (unpaired) electrons. The number of halogens is 1. The van der Waals surface area contributed by atoms with Crippen molar-refractivity contribution in [2.24, 2.45) is 0 Å². The molecule has 140 valence electrons. The third-order valence-corrected chi connectivity index (χ3v) is 6.36. The second kappa shape index (κ2) is 7.51. The number of sulfonamides is 1. The summed E-state index contributed by atoms with van der Waals surface area (Å²) in [6.45, 7) is 1.37. The molecule has 0 amide bonds. The van der Waals surface area contributed by atoms with Gasteiger partial charge >= 0.3 is 0 Å². The highest BCUT2D eigenvalue weighted by Gasteiger charge is 2.31. The monoisotopic (exact) mass is 380 g/mol. The molecule has 0 spiro atoms. The normalized spacial score (nSPS) is 15.7. The average Bonchev–Trinajstić information content (AvgIpc) is 2.68. The molecule has 2 aromatic carbocycles. The molecule has 0 atom stereocenters. The number of ether oxygens (including phenoxy) is 2. The fourth-order valence-electron chi connectivity index (χ4n) is 3.00. The number of hydrogen-bond acceptors (Lipinski definition) is 5. The van der Waals surface area contributed by atoms with Crippen LogP contribution in [-0.4, -0.2) is 53.1 Å². The number of piperazine rings is 1. The van der Waals surface area contributed by atoms with Crippen molar-refractivity contribution >= 4 is 15.7 Å². The van der Waals surface area contributed by atoms with Gasteiger partial charge in [0.25, 0.3) is 0 Å². The highest BCUT2D eigenvalue weighted by molar-refractivity contribution is 7.89. The minimum absolute atomic E-state index is 0.0974. The molecule has 1 aliphatic rings. The summed E-state index contributed by atoms with van der Waals surface area (Å²) >= 11 is 0. The number of benzene rings is 2. The Kier molecular flexibility index (Phi) is 5.33. The van der Waals surface area contributed by atoms with Gasteiger partial charge in [0.05, 0.1) is 19.9 Å². The Morgan fingerprint density at radius 3 is 2.27 bits per heavy atom. The zero-order chi connectivity index (χ0) is 18.7. The Balaban J connectivity index is 1.79. The minimum Gasteiger partial charge on any atom is -0.497 e. The number of anilines is 1. The first-order chi connectivity index (χ1) is 12.5. The van der Waals surface area contributed by atoms with Gasteiger partial charge in [0.2, 0.25) is 10.0 Å². The first kappa shape index (κ1) is 18.5. The van der Waals surface area contributed by atoms with E-state index in [4.69, 9.17) is 9.47 Å². The number of para-hydroxylation sites is 1. The highest BCUT2D eigenvalue weighted by Crippen LogP contribution is 2.31. The highest BCUT2D eigenvalue weighted by atomic mass is 32.2. The van der Waals surface area contributed by atoms with Crippen LogP contribution < -0.4 is 14.4 Å². The summed E-state index contributed by atoms with van der Waals surface area (Å²) in [6, 6.07) is 11.1. The van der Waals surface area contributed by atoms with Crippen LogP contribution in [0.1, 0.15) is 0 Å². The smallest absolute Gasteiger partial charge is 0.246 e. The van der Waals surface area contributed by atoms with Gasteiger partial charge < -0.3 is 14.4 Å². The molecular weight excluding hydrogens is 359 g/mol. The van der Waals surface area contributed by atoms with Gasteiger partial charge in [0.15, 0.2) is 0 Å². The Bertz CT molecular complexity index is 881. The van der Waals surface area contributed by atoms with Gasteiger partial charge in [-0.15, -0.1) is 0 Å². The van der Waals surface area contributed by atoms with Crippen molar-refractivity contribution in [2.75, 3.05) is 45.3 Å². The van der Waals surface area contributed by atoms with Crippen molar-refractivity contribution in [1.29, 1.82) is 0 Å². The van der Waals surface area contributed by atoms with Crippen LogP contribution in [0, 0.1) is 5.82 Å². The second-order valence-corrected chi connectivity index (χ2v) is 7.77. The summed E-state index contributed by atoms with van der Waals surface area (Å²) in [5, 5.41) is 0. The van der Waals surface area contributed by atoms with Gasteiger partial charge in [-0.2, -0.15) is 4.31 Å². The van der Waals surface area contributed by atoms with Crippen molar-refractivity contribution in [2.45, 2.75) is 4.90 Å². The number of hydrogen-bond donors (Lipinski definition) is 0. The summed E-state index contributed by atoms with van der Waals surface area (Å²) in [5.74, 6) is 0.451. The third-order valence-electron chi connectivity index (χ3n) is 4.42. The lowest BCUT2D eigenvalue weighted by Crippen LogP contribution is -2.48. The van der Waals surface area contributed by atoms with E-state index >= 15 is 0 Å². The predicted molar refractivity (Wildman–Crippen MR) is 96.9 cm³/mol. The SMILES string of the molecule is COc1ccc(S(=O)(=O)N2CCN(c3ccccc3F)CC2)c(OC)c1. The lowest BCUT2D eigenvalue weighted by molar-refractivity contribution is 0.369. The molecule has 0 aliphatic carbocycles. The Hall–Kier alpha value is -2.32. The zero-order valence-corrected chi connectivity index (χ0v) is 15.5. The first-order valence-corrected chi connectivity index (χ1v) is 9.63. The molecule has 26 heavy (non-hydrogen) atoms. The minimum atomic E-state index is -3.71. The van der Waals surface area contributed by atoms with Gasteiger partial charge in [0, 0.05) is 32.2 Å². The maximum Gasteiger partial charge on any atom is 0.246 e. The second-order valence-electron chi connectivity index (χ2n) is 5.86. The maximum absolute atomic E-state index is 13.9. The van der Waals surface area contributed by atoms with E-state index in [0.717, 1.165) is 0 Å². The van der Waals surface area contributed by atoms with E-state index < -0.39 is 10.0 Å². The lowest BCUT2D eigenvalue weighted by atomic mass is 10.2. The van der Waals surface area contributed by atoms with E-state index in [0.29, 0.717) is 24.5 Å². The first-order valence-electron chi connectivity index (χ1n) is 8.19. The van der Waals surface area contributed by atoms with Gasteiger partial charge in [-0.25, -0.2) is 12.8 Å². The van der Waals surface area contributed by atoms with E-state index in [1.54, 1.807) is 30.3 Å². The molecule has 0 saturated carbocycles. The van der Waals surface area contributed by atoms with Gasteiger partial charge in [0.1, 0.15) is 22.2 Å². The maximum atomic E-state index is 13.9. The van der Waals surface area contributed by atoms with Crippen molar-refractivity contribution in [1.82, 2.24) is 4.31 Å². The topological polar surface area (TPSA) is 59.1 Å². The van der Waals surface area contributed by atoms with Crippen LogP contribution in [0.15, 0.2) is 47.4 Å². The molecule has 0 bridgehead atoms. The van der Waals surface area contributed by atoms with Crippen molar-refractivity contribution < 1.29 is 22.3 Å². The van der Waals surface area contributed by atoms with Crippen LogP contribution in [0.3, 0.4) is 0 Å². The molecule has 2 aromatic rings. The van der Waals surface area contributed by atoms with E-state index in [1.165, 1.54) is 30.7 Å². The zero-order valence-electron chi connectivity index (χ0n) is 14.7. The van der Waals surface area contributed by atoms with Crippen molar-refractivity contribution in [3.8, 4) is 11.5 Å². The lowest BCUT2D eigenvalue weighted by Gasteiger charge is -2.35. The summed E-state index contributed by atoms with van der Waals surface area (Å²) in [6.07, 6.45) is 0. The number of rotatable bonds is 5. The van der Waals surface area contributed by atoms with Crippen LogP contribution >= 0.6 is 0 Å². The van der Waals surface area contributed by atoms with Gasteiger partial charge in [-0.05, 0) is 24.3 Å². The Morgan fingerprint density at radius 1 is 0.962 bits per heavy atom. The van der Waals surface area contributed by atoms with Crippen molar-refractivity contribution in [3.63, 3.8) is 0 Å². The summed E-state index contributed by atoms with van der Waals surface area (Å²) in [5.41, 5.74) is 0.492. The van der Waals surface area contributed by atoms with E-state index in [-0.39, 0.29) is 29.6 Å². The van der Waals surface area contributed by atoms with E-state index in [1.807, 2.05) is 4.90 Å². The van der Waals surface area contributed by atoms with Crippen LogP contribution in [0.5, 0.6) is 11.5 Å². The van der Waals surface area contributed by atoms with Crippen LogP contribution in [0.4, 0.5) is 10.1 Å². The predicted octanol–water partition coefficient (Wildman–Crippen LogP) is 2.35. The molecule has 1 fully saturated rings. The quantitative estimate of drug-likeness (QED) is 0.797. The third kappa shape index (κ3) is 3.47. The fraction of sp³-hybridized carbons (Fsp3) is 0.333. The molecule has 0 N–H and O–H groups in total. The number of nitrogens with zero attached hydrogens (tertiary/aromatic N) is 2. The fourth-order valence-corrected chi connectivity index (χ4v) is 4.56. The van der Waals surface area contributed by atoms with E-state index in [2.05, 4.69) is 0 Å². The summed E-state index contributed by atoms with van der Waals surface area (Å²) in [4.78, 5) is 1.95. The number of methoxy groups -OCH3 is 2. The molecule has 6 nitrogen and oxygen atoms in total. The van der Waals surface area contributed by atoms with Gasteiger partial charge in [-0.3, -0.25) is 0 Å². The van der Waals surface area contributed by atoms with Gasteiger partial charge in [-0.1, -0.05) is 12.1 Å². The molecule has 1 heterocycles. The van der Waals surface area contributed by atoms with E-state index in [9.17, 15) is 12.8 Å². The molecule has 0 aromatic heterocycles. The molecular formula is C18H21FN2O4S. The van der Waals surface area contributed by atoms with Crippen LogP contribution in [0.2, 0.25) is 0 Å². The van der Waals surface area contributed by atoms with Crippen LogP contribution in [-0.2, 0) is 10.0 Å². The Labute approximate surface area is 152 Å². The summed E-state index contributed by atoms with van der Waals surface area (Å²) in [7, 11) is -0.788. The van der Waals surface area contributed by atoms with Crippen molar-refractivity contribution in [3.05, 3.63) is 48.3 Å². The molecule has 0 unspecified atom stereocenters. The summed E-state index contributed by atoms with van der Waals surface area (Å²) < 4.78 is 51.7. The largest absolute Gasteiger partial charge is 0.497 e. The van der Waals surface area contributed by atoms with Crippen LogP contribution in [0.25, 0.3) is 0 Å². The average molecular weight is 380 g/mol. The Morgan fingerprint density at radius 2 is 1.65 bits per heavy atom. The molecule has 1 saturated heterocycles. The molecule has 8 heteroatoms. The molecule has 3 rings (SSSR count). The molecule has 1 aliphatic heterocycles. The standard InChI is InChI=1S/C18H21FN2O4S/c1-24-14-7-8-18(17(13-14)25-2)26(22,23)21-11-9-20(10-12-21)16-6-4-3-5-15(16)19/h3-8,13H,9-12H2,1-2H3.